The maximum absolute atomic E-state index is 14.4. The second-order valence-electron chi connectivity index (χ2n) is 8.60. The Labute approximate surface area is 208 Å². The molecule has 204 valence electrons. The number of carbonyl (C=O) groups is 2. The normalized spacial score (nSPS) is 13.7. The molecule has 1 atom stereocenters. The van der Waals surface area contributed by atoms with Gasteiger partial charge in [0.1, 0.15) is 9.84 Å². The highest BCUT2D eigenvalue weighted by molar-refractivity contribution is 7.90. The Balaban J connectivity index is 2.40. The summed E-state index contributed by atoms with van der Waals surface area (Å²) in [6.45, 7) is 4.01. The van der Waals surface area contributed by atoms with Gasteiger partial charge in [0.15, 0.2) is 0 Å². The molecular formula is C23H23F7N2O4S. The summed E-state index contributed by atoms with van der Waals surface area (Å²) in [6, 6.07) is 4.66. The van der Waals surface area contributed by atoms with Gasteiger partial charge < -0.3 is 10.6 Å². The lowest BCUT2D eigenvalue weighted by Gasteiger charge is -2.30. The summed E-state index contributed by atoms with van der Waals surface area (Å²) in [7, 11) is -3.43. The van der Waals surface area contributed by atoms with Gasteiger partial charge in [0.2, 0.25) is 0 Å². The number of amides is 2. The molecule has 0 heterocycles. The SMILES string of the molecule is Cc1cc(C(F)(C(F)(F)F)C(F)(F)F)ccc1NC(=O)c1cccc(C)c1C(=O)NC(C)CS(C)(=O)=O. The number of sulfone groups is 1. The van der Waals surface area contributed by atoms with Crippen molar-refractivity contribution in [3.63, 3.8) is 0 Å². The van der Waals surface area contributed by atoms with Crippen molar-refractivity contribution in [2.75, 3.05) is 17.3 Å². The van der Waals surface area contributed by atoms with Gasteiger partial charge in [0.25, 0.3) is 11.8 Å². The monoisotopic (exact) mass is 556 g/mol. The van der Waals surface area contributed by atoms with Crippen LogP contribution in [0.5, 0.6) is 0 Å². The highest BCUT2D eigenvalue weighted by atomic mass is 32.2. The van der Waals surface area contributed by atoms with E-state index < -0.39 is 51.3 Å². The van der Waals surface area contributed by atoms with Crippen LogP contribution in [0.25, 0.3) is 0 Å². The van der Waals surface area contributed by atoms with Gasteiger partial charge in [0, 0.05) is 23.5 Å². The van der Waals surface area contributed by atoms with E-state index in [1.807, 2.05) is 0 Å². The molecule has 1 unspecified atom stereocenters. The fraction of sp³-hybridized carbons (Fsp3) is 0.391. The maximum atomic E-state index is 14.4. The third kappa shape index (κ3) is 6.59. The van der Waals surface area contributed by atoms with Gasteiger partial charge in [0.05, 0.1) is 16.9 Å². The molecule has 2 rings (SSSR count). The minimum Gasteiger partial charge on any atom is -0.349 e. The maximum Gasteiger partial charge on any atom is 0.435 e. The molecule has 2 aromatic carbocycles. The Morgan fingerprint density at radius 1 is 0.892 bits per heavy atom. The predicted octanol–water partition coefficient (Wildman–Crippen LogP) is 5.01. The Hall–Kier alpha value is -3.16. The molecule has 0 aromatic heterocycles. The zero-order valence-corrected chi connectivity index (χ0v) is 20.8. The number of anilines is 1. The number of hydrogen-bond acceptors (Lipinski definition) is 4. The van der Waals surface area contributed by atoms with Crippen molar-refractivity contribution in [1.29, 1.82) is 0 Å². The molecule has 0 fully saturated rings. The van der Waals surface area contributed by atoms with E-state index in [0.717, 1.165) is 13.2 Å². The minimum atomic E-state index is -6.29. The smallest absolute Gasteiger partial charge is 0.349 e. The number of aryl methyl sites for hydroxylation is 2. The predicted molar refractivity (Wildman–Crippen MR) is 122 cm³/mol. The van der Waals surface area contributed by atoms with Crippen LogP contribution < -0.4 is 10.6 Å². The van der Waals surface area contributed by atoms with Crippen LogP contribution in [0.4, 0.5) is 36.4 Å². The number of carbonyl (C=O) groups excluding carboxylic acids is 2. The quantitative estimate of drug-likeness (QED) is 0.470. The van der Waals surface area contributed by atoms with Crippen molar-refractivity contribution in [2.45, 2.75) is 44.8 Å². The van der Waals surface area contributed by atoms with Gasteiger partial charge in [-0.2, -0.15) is 26.3 Å². The number of nitrogens with one attached hydrogen (secondary N) is 2. The topological polar surface area (TPSA) is 92.3 Å². The zero-order chi connectivity index (χ0) is 28.6. The first-order valence-corrected chi connectivity index (χ1v) is 12.6. The van der Waals surface area contributed by atoms with Crippen molar-refractivity contribution in [2.24, 2.45) is 0 Å². The number of benzene rings is 2. The molecule has 0 radical (unpaired) electrons. The second-order valence-corrected chi connectivity index (χ2v) is 10.8. The number of hydrogen-bond donors (Lipinski definition) is 2. The lowest BCUT2D eigenvalue weighted by Crippen LogP contribution is -2.50. The van der Waals surface area contributed by atoms with E-state index in [1.54, 1.807) is 0 Å². The van der Waals surface area contributed by atoms with Crippen molar-refractivity contribution in [1.82, 2.24) is 5.32 Å². The summed E-state index contributed by atoms with van der Waals surface area (Å²) in [5.74, 6) is -2.08. The van der Waals surface area contributed by atoms with E-state index in [0.29, 0.717) is 17.7 Å². The molecule has 0 spiro atoms. The summed E-state index contributed by atoms with van der Waals surface area (Å²) in [4.78, 5) is 25.7. The average Bonchev–Trinajstić information content (AvgIpc) is 2.71. The van der Waals surface area contributed by atoms with Crippen LogP contribution in [-0.2, 0) is 15.5 Å². The van der Waals surface area contributed by atoms with Crippen LogP contribution in [0.3, 0.4) is 0 Å². The molecule has 0 aliphatic heterocycles. The first kappa shape index (κ1) is 30.1. The Morgan fingerprint density at radius 3 is 1.95 bits per heavy atom. The van der Waals surface area contributed by atoms with Gasteiger partial charge >= 0.3 is 18.0 Å². The minimum absolute atomic E-state index is 0.119. The third-order valence-corrected chi connectivity index (χ3v) is 6.43. The fourth-order valence-corrected chi connectivity index (χ4v) is 4.64. The molecule has 0 saturated carbocycles. The lowest BCUT2D eigenvalue weighted by molar-refractivity contribution is -0.348. The summed E-state index contributed by atoms with van der Waals surface area (Å²) < 4.78 is 116. The van der Waals surface area contributed by atoms with Crippen LogP contribution >= 0.6 is 0 Å². The van der Waals surface area contributed by atoms with E-state index in [9.17, 15) is 48.7 Å². The van der Waals surface area contributed by atoms with Crippen molar-refractivity contribution >= 4 is 27.3 Å². The molecule has 0 bridgehead atoms. The molecule has 2 N–H and O–H groups in total. The van der Waals surface area contributed by atoms with Crippen LogP contribution in [0.2, 0.25) is 0 Å². The van der Waals surface area contributed by atoms with Gasteiger partial charge in [-0.05, 0) is 44.0 Å². The van der Waals surface area contributed by atoms with E-state index >= 15 is 0 Å². The molecule has 2 amide bonds. The summed E-state index contributed by atoms with van der Waals surface area (Å²) >= 11 is 0. The largest absolute Gasteiger partial charge is 0.435 e. The summed E-state index contributed by atoms with van der Waals surface area (Å²) in [6.07, 6.45) is -11.6. The van der Waals surface area contributed by atoms with Gasteiger partial charge in [-0.25, -0.2) is 12.8 Å². The van der Waals surface area contributed by atoms with Crippen molar-refractivity contribution in [3.8, 4) is 0 Å². The Kier molecular flexibility index (Phi) is 8.37. The van der Waals surface area contributed by atoms with Gasteiger partial charge in [-0.3, -0.25) is 9.59 Å². The van der Waals surface area contributed by atoms with Crippen molar-refractivity contribution in [3.05, 3.63) is 64.2 Å². The molecule has 0 saturated heterocycles. The fourth-order valence-electron chi connectivity index (χ4n) is 3.65. The van der Waals surface area contributed by atoms with Crippen LogP contribution in [-0.4, -0.2) is 50.6 Å². The number of rotatable bonds is 7. The van der Waals surface area contributed by atoms with Crippen molar-refractivity contribution < 1.29 is 48.7 Å². The Bertz CT molecular complexity index is 1290. The summed E-state index contributed by atoms with van der Waals surface area (Å²) in [5, 5.41) is 4.76. The standard InChI is InChI=1S/C23H23F7N2O4S/c1-12-6-5-7-16(18(12)20(34)31-14(3)11-37(4,35)36)19(33)32-17-9-8-15(10-13(17)2)21(24,22(25,26)27)23(28,29)30/h5-10,14H,11H2,1-4H3,(H,31,34)(H,32,33). The van der Waals surface area contributed by atoms with Gasteiger partial charge in [-0.15, -0.1) is 0 Å². The highest BCUT2D eigenvalue weighted by Gasteiger charge is 2.73. The highest BCUT2D eigenvalue weighted by Crippen LogP contribution is 2.53. The van der Waals surface area contributed by atoms with Crippen LogP contribution in [0.15, 0.2) is 36.4 Å². The molecule has 37 heavy (non-hydrogen) atoms. The van der Waals surface area contributed by atoms with E-state index in [2.05, 4.69) is 10.6 Å². The molecule has 0 aliphatic carbocycles. The molecule has 6 nitrogen and oxygen atoms in total. The van der Waals surface area contributed by atoms with E-state index in [4.69, 9.17) is 0 Å². The van der Waals surface area contributed by atoms with E-state index in [-0.39, 0.29) is 34.2 Å². The van der Waals surface area contributed by atoms with Gasteiger partial charge in [-0.1, -0.05) is 24.3 Å². The Morgan fingerprint density at radius 2 is 1.46 bits per heavy atom. The van der Waals surface area contributed by atoms with Crippen LogP contribution in [0.1, 0.15) is 44.3 Å². The lowest BCUT2D eigenvalue weighted by atomic mass is 9.92. The third-order valence-electron chi connectivity index (χ3n) is 5.33. The average molecular weight is 557 g/mol. The molecule has 2 aromatic rings. The second kappa shape index (κ2) is 10.3. The first-order chi connectivity index (χ1) is 16.7. The first-order valence-electron chi connectivity index (χ1n) is 10.5. The summed E-state index contributed by atoms with van der Waals surface area (Å²) in [5.41, 5.74) is -7.84. The number of alkyl halides is 7. The van der Waals surface area contributed by atoms with E-state index in [1.165, 1.54) is 32.0 Å². The molecular weight excluding hydrogens is 533 g/mol. The molecule has 14 heteroatoms. The zero-order valence-electron chi connectivity index (χ0n) is 19.9. The molecule has 0 aliphatic rings. The van der Waals surface area contributed by atoms with Crippen LogP contribution in [0, 0.1) is 13.8 Å². The number of halogens is 7.